The Hall–Kier alpha value is -3.37. The van der Waals surface area contributed by atoms with Crippen LogP contribution in [0.4, 0.5) is 14.0 Å². The summed E-state index contributed by atoms with van der Waals surface area (Å²) in [6, 6.07) is 3.63. The molecule has 1 atom stereocenters. The molecule has 0 unspecified atom stereocenters. The molecule has 0 spiro atoms. The van der Waals surface area contributed by atoms with E-state index in [-0.39, 0.29) is 49.9 Å². The minimum absolute atomic E-state index is 0.0643. The number of ether oxygens (including phenoxy) is 1. The van der Waals surface area contributed by atoms with Gasteiger partial charge in [0.25, 0.3) is 5.89 Å². The first-order valence-electron chi connectivity index (χ1n) is 8.55. The molecule has 1 saturated heterocycles. The fourth-order valence-electron chi connectivity index (χ4n) is 3.01. The number of aryl methyl sites for hydroxylation is 1. The Morgan fingerprint density at radius 1 is 1.29 bits per heavy atom. The van der Waals surface area contributed by atoms with E-state index in [1.165, 1.54) is 28.0 Å². The van der Waals surface area contributed by atoms with Gasteiger partial charge in [-0.3, -0.25) is 0 Å². The number of piperazine rings is 1. The molecule has 1 aliphatic heterocycles. The van der Waals surface area contributed by atoms with Crippen LogP contribution in [0.25, 0.3) is 11.5 Å². The summed E-state index contributed by atoms with van der Waals surface area (Å²) in [4.78, 5) is 24.8. The van der Waals surface area contributed by atoms with Crippen molar-refractivity contribution in [1.29, 1.82) is 0 Å². The third-order valence-corrected chi connectivity index (χ3v) is 4.42. The van der Waals surface area contributed by atoms with Crippen molar-refractivity contribution < 1.29 is 33.3 Å². The van der Waals surface area contributed by atoms with E-state index >= 15 is 0 Å². The van der Waals surface area contributed by atoms with Gasteiger partial charge in [-0.2, -0.15) is 0 Å². The Morgan fingerprint density at radius 3 is 2.68 bits per heavy atom. The van der Waals surface area contributed by atoms with E-state index in [4.69, 9.17) is 14.3 Å². The normalized spacial score (nSPS) is 16.9. The van der Waals surface area contributed by atoms with E-state index in [0.29, 0.717) is 5.89 Å². The number of amides is 2. The molecular formula is C17H19FN4O6. The smallest absolute Gasteiger partial charge is 0.407 e. The third-order valence-electron chi connectivity index (χ3n) is 4.42. The van der Waals surface area contributed by atoms with Crippen LogP contribution in [-0.4, -0.2) is 74.7 Å². The summed E-state index contributed by atoms with van der Waals surface area (Å²) in [5.74, 6) is 0.0449. The largest absolute Gasteiger partial charge is 0.493 e. The average Bonchev–Trinajstić information content (AvgIpc) is 3.07. The fraction of sp³-hybridized carbons (Fsp3) is 0.412. The van der Waals surface area contributed by atoms with Crippen molar-refractivity contribution in [2.24, 2.45) is 0 Å². The van der Waals surface area contributed by atoms with Crippen LogP contribution in [-0.2, 0) is 0 Å². The van der Waals surface area contributed by atoms with Gasteiger partial charge in [0.05, 0.1) is 18.2 Å². The molecule has 0 saturated carbocycles. The summed E-state index contributed by atoms with van der Waals surface area (Å²) < 4.78 is 25.0. The third kappa shape index (κ3) is 4.30. The van der Waals surface area contributed by atoms with Gasteiger partial charge >= 0.3 is 12.2 Å². The van der Waals surface area contributed by atoms with E-state index in [1.54, 1.807) is 6.92 Å². The zero-order valence-corrected chi connectivity index (χ0v) is 15.0. The van der Waals surface area contributed by atoms with E-state index in [1.807, 2.05) is 0 Å². The molecule has 28 heavy (non-hydrogen) atoms. The summed E-state index contributed by atoms with van der Waals surface area (Å²) >= 11 is 0. The van der Waals surface area contributed by atoms with Crippen LogP contribution in [0.5, 0.6) is 5.75 Å². The van der Waals surface area contributed by atoms with Crippen molar-refractivity contribution in [2.75, 3.05) is 26.2 Å². The van der Waals surface area contributed by atoms with Gasteiger partial charge in [-0.15, -0.1) is 10.2 Å². The van der Waals surface area contributed by atoms with E-state index < -0.39 is 24.0 Å². The van der Waals surface area contributed by atoms with Crippen LogP contribution < -0.4 is 4.74 Å². The van der Waals surface area contributed by atoms with Gasteiger partial charge in [0.1, 0.15) is 11.6 Å². The maximum Gasteiger partial charge on any atom is 0.407 e. The number of hydrogen-bond acceptors (Lipinski definition) is 6. The van der Waals surface area contributed by atoms with Gasteiger partial charge in [-0.05, 0) is 12.1 Å². The predicted molar refractivity (Wildman–Crippen MR) is 92.7 cm³/mol. The van der Waals surface area contributed by atoms with E-state index in [2.05, 4.69) is 10.2 Å². The van der Waals surface area contributed by atoms with Crippen molar-refractivity contribution >= 4 is 12.2 Å². The first-order chi connectivity index (χ1) is 13.3. The zero-order valence-electron chi connectivity index (χ0n) is 15.0. The van der Waals surface area contributed by atoms with Crippen molar-refractivity contribution in [3.8, 4) is 17.2 Å². The summed E-state index contributed by atoms with van der Waals surface area (Å²) in [5, 5.41) is 25.8. The Bertz CT molecular complexity index is 873. The topological polar surface area (TPSA) is 129 Å². The second-order valence-electron chi connectivity index (χ2n) is 6.26. The highest BCUT2D eigenvalue weighted by molar-refractivity contribution is 5.68. The summed E-state index contributed by atoms with van der Waals surface area (Å²) in [7, 11) is 0. The van der Waals surface area contributed by atoms with Gasteiger partial charge in [0.2, 0.25) is 5.89 Å². The molecule has 10 nitrogen and oxygen atoms in total. The lowest BCUT2D eigenvalue weighted by Crippen LogP contribution is -2.56. The number of nitrogens with zero attached hydrogens (tertiary/aromatic N) is 4. The molecule has 2 aromatic rings. The lowest BCUT2D eigenvalue weighted by atomic mass is 10.1. The lowest BCUT2D eigenvalue weighted by Gasteiger charge is -2.38. The molecule has 0 bridgehead atoms. The van der Waals surface area contributed by atoms with Crippen molar-refractivity contribution in [3.63, 3.8) is 0 Å². The van der Waals surface area contributed by atoms with Crippen molar-refractivity contribution in [2.45, 2.75) is 19.4 Å². The molecule has 3 rings (SSSR count). The quantitative estimate of drug-likeness (QED) is 0.790. The highest BCUT2D eigenvalue weighted by Crippen LogP contribution is 2.25. The number of benzene rings is 1. The summed E-state index contributed by atoms with van der Waals surface area (Å²) in [5.41, 5.74) is 0.148. The Labute approximate surface area is 159 Å². The van der Waals surface area contributed by atoms with E-state index in [0.717, 1.165) is 0 Å². The molecular weight excluding hydrogens is 375 g/mol. The van der Waals surface area contributed by atoms with Crippen LogP contribution in [0, 0.1) is 12.7 Å². The van der Waals surface area contributed by atoms with Gasteiger partial charge < -0.3 is 29.2 Å². The second-order valence-corrected chi connectivity index (χ2v) is 6.26. The molecule has 2 N–H and O–H groups in total. The summed E-state index contributed by atoms with van der Waals surface area (Å²) in [6.45, 7) is 1.98. The first kappa shape index (κ1) is 19.4. The molecule has 2 amide bonds. The van der Waals surface area contributed by atoms with Crippen LogP contribution >= 0.6 is 0 Å². The van der Waals surface area contributed by atoms with Crippen LogP contribution in [0.15, 0.2) is 22.6 Å². The molecule has 0 radical (unpaired) electrons. The predicted octanol–water partition coefficient (Wildman–Crippen LogP) is 2.30. The highest BCUT2D eigenvalue weighted by atomic mass is 19.1. The first-order valence-corrected chi connectivity index (χ1v) is 8.55. The maximum atomic E-state index is 14.3. The minimum atomic E-state index is -1.11. The zero-order chi connectivity index (χ0) is 20.3. The maximum absolute atomic E-state index is 14.3. The summed E-state index contributed by atoms with van der Waals surface area (Å²) in [6.07, 6.45) is -1.94. The molecule has 0 aliphatic carbocycles. The van der Waals surface area contributed by atoms with Gasteiger partial charge in [0.15, 0.2) is 0 Å². The Kier molecular flexibility index (Phi) is 5.62. The standard InChI is InChI=1S/C17H19FN4O6/c1-10-19-20-15(28-10)13-3-2-12(8-14(13)18)27-7-4-11-9-21(16(23)24)5-6-22(11)17(25)26/h2-3,8,11H,4-7,9H2,1H3,(H,23,24)(H,25,26)/t11-/m1/s1. The second kappa shape index (κ2) is 8.11. The molecule has 11 heteroatoms. The minimum Gasteiger partial charge on any atom is -0.493 e. The molecule has 150 valence electrons. The van der Waals surface area contributed by atoms with Gasteiger partial charge in [-0.1, -0.05) is 0 Å². The molecule has 1 aromatic carbocycles. The van der Waals surface area contributed by atoms with Gasteiger partial charge in [-0.25, -0.2) is 14.0 Å². The number of rotatable bonds is 5. The number of carbonyl (C=O) groups is 2. The average molecular weight is 394 g/mol. The molecule has 2 heterocycles. The number of carboxylic acid groups (broad SMARTS) is 2. The molecule has 1 aromatic heterocycles. The monoisotopic (exact) mass is 394 g/mol. The van der Waals surface area contributed by atoms with Crippen LogP contribution in [0.3, 0.4) is 0 Å². The van der Waals surface area contributed by atoms with Crippen molar-refractivity contribution in [3.05, 3.63) is 29.9 Å². The Balaban J connectivity index is 1.61. The van der Waals surface area contributed by atoms with E-state index in [9.17, 15) is 19.1 Å². The SMILES string of the molecule is Cc1nnc(-c2ccc(OCC[C@@H]3CN(C(=O)O)CCN3C(=O)O)cc2F)o1. The number of halogens is 1. The highest BCUT2D eigenvalue weighted by Gasteiger charge is 2.32. The van der Waals surface area contributed by atoms with Gasteiger partial charge in [0, 0.05) is 39.0 Å². The van der Waals surface area contributed by atoms with Crippen LogP contribution in [0.1, 0.15) is 12.3 Å². The number of aromatic nitrogens is 2. The lowest BCUT2D eigenvalue weighted by molar-refractivity contribution is 0.0562. The number of hydrogen-bond donors (Lipinski definition) is 2. The fourth-order valence-corrected chi connectivity index (χ4v) is 3.01. The Morgan fingerprint density at radius 2 is 2.07 bits per heavy atom. The van der Waals surface area contributed by atoms with Crippen LogP contribution in [0.2, 0.25) is 0 Å². The molecule has 1 aliphatic rings. The van der Waals surface area contributed by atoms with Crippen molar-refractivity contribution in [1.82, 2.24) is 20.0 Å². The molecule has 1 fully saturated rings.